The highest BCUT2D eigenvalue weighted by Crippen LogP contribution is 2.20. The van der Waals surface area contributed by atoms with Gasteiger partial charge in [-0.15, -0.1) is 5.10 Å². The Morgan fingerprint density at radius 1 is 1.04 bits per heavy atom. The molecule has 25 heavy (non-hydrogen) atoms. The summed E-state index contributed by atoms with van der Waals surface area (Å²) in [6, 6.07) is 14.4. The third-order valence-electron chi connectivity index (χ3n) is 4.89. The molecule has 1 amide bonds. The average molecular weight is 332 g/mol. The maximum Gasteiger partial charge on any atom is 0.276 e. The number of hydrogen-bond acceptors (Lipinski definition) is 3. The summed E-state index contributed by atoms with van der Waals surface area (Å²) in [5.41, 5.74) is 6.26. The number of nitrogens with zero attached hydrogens (tertiary/aromatic N) is 4. The van der Waals surface area contributed by atoms with Crippen molar-refractivity contribution in [2.45, 2.75) is 26.8 Å². The second-order valence-electron chi connectivity index (χ2n) is 6.56. The molecule has 0 saturated carbocycles. The van der Waals surface area contributed by atoms with Crippen LogP contribution in [0.1, 0.15) is 32.7 Å². The van der Waals surface area contributed by atoms with E-state index in [0.717, 1.165) is 12.1 Å². The number of rotatable bonds is 2. The van der Waals surface area contributed by atoms with E-state index in [9.17, 15) is 4.79 Å². The molecule has 2 aromatic carbocycles. The molecule has 4 rings (SSSR count). The fourth-order valence-corrected chi connectivity index (χ4v) is 3.19. The van der Waals surface area contributed by atoms with Gasteiger partial charge in [-0.25, -0.2) is 4.68 Å². The Balaban J connectivity index is 1.56. The van der Waals surface area contributed by atoms with Crippen molar-refractivity contribution in [3.05, 3.63) is 76.6 Å². The average Bonchev–Trinajstić information content (AvgIpc) is 3.13. The molecule has 3 aromatic rings. The van der Waals surface area contributed by atoms with Crippen LogP contribution in [0.25, 0.3) is 5.69 Å². The summed E-state index contributed by atoms with van der Waals surface area (Å²) in [5.74, 6) is -0.0652. The summed E-state index contributed by atoms with van der Waals surface area (Å²) in [6.45, 7) is 5.48. The third-order valence-corrected chi connectivity index (χ3v) is 4.89. The van der Waals surface area contributed by atoms with Crippen molar-refractivity contribution in [3.63, 3.8) is 0 Å². The van der Waals surface area contributed by atoms with Crippen molar-refractivity contribution in [2.24, 2.45) is 0 Å². The molecule has 0 atom stereocenters. The van der Waals surface area contributed by atoms with E-state index < -0.39 is 0 Å². The number of amides is 1. The molecule has 0 saturated heterocycles. The summed E-state index contributed by atoms with van der Waals surface area (Å²) in [4.78, 5) is 14.6. The fraction of sp³-hybridized carbons (Fsp3) is 0.250. The number of benzene rings is 2. The Labute approximate surface area is 146 Å². The summed E-state index contributed by atoms with van der Waals surface area (Å²) in [6.07, 6.45) is 2.60. The van der Waals surface area contributed by atoms with Gasteiger partial charge in [-0.2, -0.15) is 0 Å². The maximum atomic E-state index is 12.8. The molecular weight excluding hydrogens is 312 g/mol. The highest BCUT2D eigenvalue weighted by Gasteiger charge is 2.23. The first-order valence-electron chi connectivity index (χ1n) is 8.48. The van der Waals surface area contributed by atoms with E-state index in [2.05, 4.69) is 48.4 Å². The van der Waals surface area contributed by atoms with E-state index in [1.807, 2.05) is 23.1 Å². The van der Waals surface area contributed by atoms with Crippen molar-refractivity contribution in [1.29, 1.82) is 0 Å². The summed E-state index contributed by atoms with van der Waals surface area (Å²) < 4.78 is 1.66. The van der Waals surface area contributed by atoms with Gasteiger partial charge in [-0.1, -0.05) is 35.5 Å². The predicted octanol–water partition coefficient (Wildman–Crippen LogP) is 3.08. The Bertz CT molecular complexity index is 944. The van der Waals surface area contributed by atoms with Gasteiger partial charge in [-0.3, -0.25) is 4.79 Å². The van der Waals surface area contributed by atoms with Crippen LogP contribution in [0.2, 0.25) is 0 Å². The molecule has 2 heterocycles. The van der Waals surface area contributed by atoms with E-state index in [1.54, 1.807) is 10.9 Å². The van der Waals surface area contributed by atoms with Crippen molar-refractivity contribution in [1.82, 2.24) is 19.9 Å². The Kier molecular flexibility index (Phi) is 3.84. The van der Waals surface area contributed by atoms with E-state index in [1.165, 1.54) is 22.3 Å². The van der Waals surface area contributed by atoms with Crippen LogP contribution in [0, 0.1) is 13.8 Å². The number of aromatic nitrogens is 3. The molecule has 0 bridgehead atoms. The molecule has 1 aromatic heterocycles. The number of carbonyl (C=O) groups is 1. The van der Waals surface area contributed by atoms with Crippen molar-refractivity contribution >= 4 is 5.91 Å². The van der Waals surface area contributed by atoms with Crippen LogP contribution in [0.5, 0.6) is 0 Å². The van der Waals surface area contributed by atoms with Gasteiger partial charge >= 0.3 is 0 Å². The summed E-state index contributed by atoms with van der Waals surface area (Å²) in [5, 5.41) is 8.23. The SMILES string of the molecule is Cc1ccc(-n2cc(C(=O)N3CCc4ccccc4C3)nn2)cc1C. The molecule has 0 N–H and O–H groups in total. The molecule has 0 unspecified atom stereocenters. The first-order valence-corrected chi connectivity index (χ1v) is 8.48. The molecule has 5 nitrogen and oxygen atoms in total. The third kappa shape index (κ3) is 2.93. The highest BCUT2D eigenvalue weighted by atomic mass is 16.2. The van der Waals surface area contributed by atoms with Crippen molar-refractivity contribution < 1.29 is 4.79 Å². The zero-order valence-corrected chi connectivity index (χ0v) is 14.4. The standard InChI is InChI=1S/C20H20N4O/c1-14-7-8-18(11-15(14)2)24-13-19(21-22-24)20(25)23-10-9-16-5-3-4-6-17(16)12-23/h3-8,11,13H,9-10,12H2,1-2H3. The van der Waals surface area contributed by atoms with Crippen LogP contribution in [0.3, 0.4) is 0 Å². The zero-order valence-electron chi connectivity index (χ0n) is 14.4. The van der Waals surface area contributed by atoms with Gasteiger partial charge in [0, 0.05) is 13.1 Å². The topological polar surface area (TPSA) is 51.0 Å². The summed E-state index contributed by atoms with van der Waals surface area (Å²) in [7, 11) is 0. The zero-order chi connectivity index (χ0) is 17.4. The normalized spacial score (nSPS) is 13.6. The minimum Gasteiger partial charge on any atom is -0.333 e. The predicted molar refractivity (Wildman–Crippen MR) is 95.7 cm³/mol. The van der Waals surface area contributed by atoms with Crippen molar-refractivity contribution in [3.8, 4) is 5.69 Å². The van der Waals surface area contributed by atoms with Gasteiger partial charge in [0.1, 0.15) is 0 Å². The number of aryl methyl sites for hydroxylation is 2. The molecule has 0 spiro atoms. The smallest absolute Gasteiger partial charge is 0.276 e. The minimum atomic E-state index is -0.0652. The number of fused-ring (bicyclic) bond motifs is 1. The Morgan fingerprint density at radius 2 is 1.84 bits per heavy atom. The minimum absolute atomic E-state index is 0.0652. The van der Waals surface area contributed by atoms with Gasteiger partial charge in [0.15, 0.2) is 5.69 Å². The van der Waals surface area contributed by atoms with Gasteiger partial charge in [-0.05, 0) is 54.7 Å². The van der Waals surface area contributed by atoms with Crippen molar-refractivity contribution in [2.75, 3.05) is 6.54 Å². The van der Waals surface area contributed by atoms with Crippen LogP contribution >= 0.6 is 0 Å². The van der Waals surface area contributed by atoms with Crippen LogP contribution in [-0.4, -0.2) is 32.3 Å². The molecule has 0 fully saturated rings. The number of hydrogen-bond donors (Lipinski definition) is 0. The summed E-state index contributed by atoms with van der Waals surface area (Å²) >= 11 is 0. The highest BCUT2D eigenvalue weighted by molar-refractivity contribution is 5.92. The second-order valence-corrected chi connectivity index (χ2v) is 6.56. The van der Waals surface area contributed by atoms with E-state index in [0.29, 0.717) is 18.8 Å². The van der Waals surface area contributed by atoms with E-state index >= 15 is 0 Å². The molecule has 5 heteroatoms. The lowest BCUT2D eigenvalue weighted by Gasteiger charge is -2.28. The monoisotopic (exact) mass is 332 g/mol. The second kappa shape index (κ2) is 6.16. The molecule has 0 aliphatic carbocycles. The quantitative estimate of drug-likeness (QED) is 0.725. The lowest BCUT2D eigenvalue weighted by Crippen LogP contribution is -2.36. The maximum absolute atomic E-state index is 12.8. The van der Waals surface area contributed by atoms with E-state index in [4.69, 9.17) is 0 Å². The molecular formula is C20H20N4O. The first kappa shape index (κ1) is 15.6. The van der Waals surface area contributed by atoms with E-state index in [-0.39, 0.29) is 5.91 Å². The molecule has 1 aliphatic rings. The van der Waals surface area contributed by atoms with Crippen LogP contribution < -0.4 is 0 Å². The van der Waals surface area contributed by atoms with Crippen LogP contribution in [0.4, 0.5) is 0 Å². The first-order chi connectivity index (χ1) is 12.1. The van der Waals surface area contributed by atoms with Gasteiger partial charge in [0.2, 0.25) is 0 Å². The Morgan fingerprint density at radius 3 is 2.64 bits per heavy atom. The largest absolute Gasteiger partial charge is 0.333 e. The number of carbonyl (C=O) groups excluding carboxylic acids is 1. The molecule has 126 valence electrons. The van der Waals surface area contributed by atoms with Gasteiger partial charge in [0.25, 0.3) is 5.91 Å². The molecule has 0 radical (unpaired) electrons. The van der Waals surface area contributed by atoms with Gasteiger partial charge < -0.3 is 4.90 Å². The lowest BCUT2D eigenvalue weighted by atomic mass is 10.00. The van der Waals surface area contributed by atoms with Crippen LogP contribution in [-0.2, 0) is 13.0 Å². The lowest BCUT2D eigenvalue weighted by molar-refractivity contribution is 0.0728. The Hall–Kier alpha value is -2.95. The molecule has 1 aliphatic heterocycles. The van der Waals surface area contributed by atoms with Gasteiger partial charge in [0.05, 0.1) is 11.9 Å². The van der Waals surface area contributed by atoms with Crippen LogP contribution in [0.15, 0.2) is 48.7 Å². The fourth-order valence-electron chi connectivity index (χ4n) is 3.19.